The van der Waals surface area contributed by atoms with Crippen LogP contribution in [0.15, 0.2) is 60.9 Å². The zero-order chi connectivity index (χ0) is 18.8. The topological polar surface area (TPSA) is 101 Å². The smallest absolute Gasteiger partial charge is 0.323 e. The average Bonchev–Trinajstić information content (AvgIpc) is 2.66. The van der Waals surface area contributed by atoms with Crippen molar-refractivity contribution in [2.24, 2.45) is 0 Å². The number of carbonyl (C=O) groups is 2. The Hall–Kier alpha value is -3.68. The summed E-state index contributed by atoms with van der Waals surface area (Å²) in [6, 6.07) is 12.9. The van der Waals surface area contributed by atoms with Crippen LogP contribution in [0.5, 0.6) is 11.5 Å². The third kappa shape index (κ3) is 6.08. The molecule has 0 radical (unpaired) electrons. The summed E-state index contributed by atoms with van der Waals surface area (Å²) in [6.45, 7) is 0. The Balaban J connectivity index is 1.71. The maximum atomic E-state index is 11.7. The van der Waals surface area contributed by atoms with E-state index < -0.39 is 12.1 Å². The van der Waals surface area contributed by atoms with Gasteiger partial charge in [-0.05, 0) is 48.5 Å². The van der Waals surface area contributed by atoms with E-state index in [4.69, 9.17) is 9.47 Å². The number of carbonyl (C=O) groups excluding carboxylic acids is 2. The van der Waals surface area contributed by atoms with Crippen LogP contribution in [0.3, 0.4) is 0 Å². The number of methoxy groups -OCH3 is 2. The van der Waals surface area contributed by atoms with E-state index >= 15 is 0 Å². The minimum absolute atomic E-state index is 0.441. The second-order valence-electron chi connectivity index (χ2n) is 4.99. The number of hydrogen-bond acceptors (Lipinski definition) is 4. The Labute approximate surface area is 151 Å². The van der Waals surface area contributed by atoms with E-state index in [0.717, 1.165) is 0 Å². The van der Waals surface area contributed by atoms with Crippen LogP contribution >= 0.6 is 0 Å². The second-order valence-corrected chi connectivity index (χ2v) is 4.99. The quantitative estimate of drug-likeness (QED) is 0.639. The van der Waals surface area contributed by atoms with Crippen molar-refractivity contribution in [3.05, 3.63) is 60.9 Å². The van der Waals surface area contributed by atoms with Gasteiger partial charge in [-0.25, -0.2) is 9.59 Å². The Kier molecular flexibility index (Phi) is 6.87. The molecule has 4 N–H and O–H groups in total. The van der Waals surface area contributed by atoms with Crippen molar-refractivity contribution >= 4 is 23.4 Å². The Bertz CT molecular complexity index is 692. The molecule has 0 aromatic heterocycles. The van der Waals surface area contributed by atoms with Crippen LogP contribution in [0.2, 0.25) is 0 Å². The first-order valence-corrected chi connectivity index (χ1v) is 7.69. The summed E-state index contributed by atoms with van der Waals surface area (Å²) in [5, 5.41) is 10.2. The van der Waals surface area contributed by atoms with Crippen LogP contribution in [0.1, 0.15) is 0 Å². The van der Waals surface area contributed by atoms with E-state index in [1.807, 2.05) is 0 Å². The van der Waals surface area contributed by atoms with Crippen molar-refractivity contribution in [2.75, 3.05) is 24.9 Å². The van der Waals surface area contributed by atoms with Crippen LogP contribution in [-0.4, -0.2) is 26.3 Å². The van der Waals surface area contributed by atoms with Crippen LogP contribution in [-0.2, 0) is 0 Å². The van der Waals surface area contributed by atoms with Crippen molar-refractivity contribution in [1.82, 2.24) is 10.6 Å². The van der Waals surface area contributed by atoms with Gasteiger partial charge in [-0.2, -0.15) is 0 Å². The molecule has 4 amide bonds. The predicted molar refractivity (Wildman–Crippen MR) is 99.4 cm³/mol. The minimum Gasteiger partial charge on any atom is -0.497 e. The van der Waals surface area contributed by atoms with Gasteiger partial charge in [0, 0.05) is 23.8 Å². The molecule has 0 fully saturated rings. The lowest BCUT2D eigenvalue weighted by molar-refractivity contribution is 0.253. The van der Waals surface area contributed by atoms with E-state index in [9.17, 15) is 9.59 Å². The normalized spacial score (nSPS) is 10.1. The monoisotopic (exact) mass is 356 g/mol. The predicted octanol–water partition coefficient (Wildman–Crippen LogP) is 3.12. The standard InChI is InChI=1S/C18H20N4O4/c1-25-15-7-3-13(4-8-15)21-17(23)19-11-12-20-18(24)22-14-5-9-16(26-2)10-6-14/h3-12H,1-2H3,(H2,19,21,23)(H2,20,22,24)/b12-11+. The van der Waals surface area contributed by atoms with Gasteiger partial charge in [0.1, 0.15) is 11.5 Å². The minimum atomic E-state index is -0.441. The lowest BCUT2D eigenvalue weighted by atomic mass is 10.3. The number of urea groups is 2. The molecule has 0 aliphatic heterocycles. The van der Waals surface area contributed by atoms with Crippen molar-refractivity contribution in [3.8, 4) is 11.5 Å². The summed E-state index contributed by atoms with van der Waals surface area (Å²) in [4.78, 5) is 23.4. The number of nitrogens with one attached hydrogen (secondary N) is 4. The first-order chi connectivity index (χ1) is 12.6. The molecule has 8 nitrogen and oxygen atoms in total. The maximum Gasteiger partial charge on any atom is 0.323 e. The molecule has 2 aromatic rings. The lowest BCUT2D eigenvalue weighted by Gasteiger charge is -2.06. The first-order valence-electron chi connectivity index (χ1n) is 7.69. The summed E-state index contributed by atoms with van der Waals surface area (Å²) in [5.74, 6) is 1.39. The number of amides is 4. The first kappa shape index (κ1) is 18.7. The van der Waals surface area contributed by atoms with Crippen LogP contribution in [0.25, 0.3) is 0 Å². The molecule has 0 saturated heterocycles. The highest BCUT2D eigenvalue weighted by atomic mass is 16.5. The highest BCUT2D eigenvalue weighted by Crippen LogP contribution is 2.15. The summed E-state index contributed by atoms with van der Waals surface area (Å²) < 4.78 is 10.1. The molecule has 0 aliphatic carbocycles. The van der Waals surface area contributed by atoms with E-state index in [2.05, 4.69) is 21.3 Å². The highest BCUT2D eigenvalue weighted by Gasteiger charge is 2.01. The van der Waals surface area contributed by atoms with E-state index in [0.29, 0.717) is 22.9 Å². The Morgan fingerprint density at radius 2 is 1.04 bits per heavy atom. The highest BCUT2D eigenvalue weighted by molar-refractivity contribution is 5.91. The molecule has 136 valence electrons. The fourth-order valence-electron chi connectivity index (χ4n) is 1.92. The van der Waals surface area contributed by atoms with Gasteiger partial charge in [0.2, 0.25) is 0 Å². The van der Waals surface area contributed by atoms with Crippen LogP contribution < -0.4 is 30.7 Å². The SMILES string of the molecule is COc1ccc(NC(=O)N/C=C/NC(=O)Nc2ccc(OC)cc2)cc1. The molecule has 0 atom stereocenters. The third-order valence-corrected chi connectivity index (χ3v) is 3.21. The largest absolute Gasteiger partial charge is 0.497 e. The maximum absolute atomic E-state index is 11.7. The molecule has 0 aliphatic rings. The van der Waals surface area contributed by atoms with Crippen molar-refractivity contribution in [2.45, 2.75) is 0 Å². The summed E-state index contributed by atoms with van der Waals surface area (Å²) in [5.41, 5.74) is 1.23. The average molecular weight is 356 g/mol. The Morgan fingerprint density at radius 1 is 0.692 bits per heavy atom. The van der Waals surface area contributed by atoms with Gasteiger partial charge in [0.25, 0.3) is 0 Å². The van der Waals surface area contributed by atoms with Crippen molar-refractivity contribution in [3.63, 3.8) is 0 Å². The number of benzene rings is 2. The summed E-state index contributed by atoms with van der Waals surface area (Å²) in [6.07, 6.45) is 2.62. The number of anilines is 2. The third-order valence-electron chi connectivity index (χ3n) is 3.21. The van der Waals surface area contributed by atoms with Crippen molar-refractivity contribution in [1.29, 1.82) is 0 Å². The Morgan fingerprint density at radius 3 is 1.35 bits per heavy atom. The molecule has 0 bridgehead atoms. The molecule has 0 heterocycles. The molecule has 26 heavy (non-hydrogen) atoms. The fraction of sp³-hybridized carbons (Fsp3) is 0.111. The van der Waals surface area contributed by atoms with E-state index in [1.54, 1.807) is 62.8 Å². The molecule has 8 heteroatoms. The number of hydrogen-bond donors (Lipinski definition) is 4. The summed E-state index contributed by atoms with van der Waals surface area (Å²) in [7, 11) is 3.13. The molecular formula is C18H20N4O4. The van der Waals surface area contributed by atoms with Gasteiger partial charge in [-0.1, -0.05) is 0 Å². The molecule has 2 rings (SSSR count). The zero-order valence-corrected chi connectivity index (χ0v) is 14.4. The molecule has 0 saturated carbocycles. The van der Waals surface area contributed by atoms with E-state index in [-0.39, 0.29) is 0 Å². The number of rotatable bonds is 6. The van der Waals surface area contributed by atoms with Gasteiger partial charge in [-0.3, -0.25) is 0 Å². The van der Waals surface area contributed by atoms with Crippen LogP contribution in [0.4, 0.5) is 21.0 Å². The molecule has 0 unspecified atom stereocenters. The van der Waals surface area contributed by atoms with Crippen molar-refractivity contribution < 1.29 is 19.1 Å². The number of ether oxygens (including phenoxy) is 2. The van der Waals surface area contributed by atoms with Gasteiger partial charge in [0.05, 0.1) is 14.2 Å². The van der Waals surface area contributed by atoms with Gasteiger partial charge < -0.3 is 30.7 Å². The summed E-state index contributed by atoms with van der Waals surface area (Å²) >= 11 is 0. The molecular weight excluding hydrogens is 336 g/mol. The van der Waals surface area contributed by atoms with Gasteiger partial charge in [-0.15, -0.1) is 0 Å². The van der Waals surface area contributed by atoms with Gasteiger partial charge in [0.15, 0.2) is 0 Å². The van der Waals surface area contributed by atoms with Gasteiger partial charge >= 0.3 is 12.1 Å². The molecule has 2 aromatic carbocycles. The van der Waals surface area contributed by atoms with Crippen LogP contribution in [0, 0.1) is 0 Å². The zero-order valence-electron chi connectivity index (χ0n) is 14.4. The lowest BCUT2D eigenvalue weighted by Crippen LogP contribution is -2.27. The second kappa shape index (κ2) is 9.58. The molecule has 0 spiro atoms. The fourth-order valence-corrected chi connectivity index (χ4v) is 1.92. The van der Waals surface area contributed by atoms with E-state index in [1.165, 1.54) is 12.4 Å².